The maximum absolute atomic E-state index is 13.8. The van der Waals surface area contributed by atoms with Crippen LogP contribution in [0.5, 0.6) is 11.5 Å². The quantitative estimate of drug-likeness (QED) is 0.300. The molecule has 0 fully saturated rings. The van der Waals surface area contributed by atoms with Crippen molar-refractivity contribution in [2.75, 3.05) is 7.11 Å². The van der Waals surface area contributed by atoms with E-state index >= 15 is 0 Å². The third-order valence-corrected chi connectivity index (χ3v) is 9.54. The Balaban J connectivity index is 1.80. The normalized spacial score (nSPS) is 36.1. The second-order valence-corrected chi connectivity index (χ2v) is 12.8. The fourth-order valence-corrected chi connectivity index (χ4v) is 6.23. The van der Waals surface area contributed by atoms with E-state index in [1.165, 1.54) is 46.3 Å². The maximum Gasteiger partial charge on any atom is 0.312 e. The SMILES string of the molecule is CO[C@H]1/C=C\O[C@@]2(C)Oc3c(C)c(O)c4c(c3C2=O)C(=O)C=C(NC(=O)/C(C)=C\C=C/[C@H](C)[C@H](O)[C@@H](C)[C@H](O)[C@H](C)[C@H](O)[C@@H]1C)C4=O. The van der Waals surface area contributed by atoms with Crippen LogP contribution in [0.15, 0.2) is 47.9 Å². The Morgan fingerprint density at radius 2 is 1.49 bits per heavy atom. The Kier molecular flexibility index (Phi) is 10.3. The minimum Gasteiger partial charge on any atom is -0.507 e. The lowest BCUT2D eigenvalue weighted by molar-refractivity contribution is -0.116. The van der Waals surface area contributed by atoms with Crippen LogP contribution in [-0.2, 0) is 14.3 Å². The fraction of sp³-hybridized carbons (Fsp3) is 0.486. The van der Waals surface area contributed by atoms with Gasteiger partial charge in [0.05, 0.1) is 53.1 Å². The summed E-state index contributed by atoms with van der Waals surface area (Å²) in [6.07, 6.45) is 4.25. The van der Waals surface area contributed by atoms with Gasteiger partial charge in [-0.15, -0.1) is 0 Å². The average molecular weight is 654 g/mol. The van der Waals surface area contributed by atoms with Crippen molar-refractivity contribution >= 4 is 23.3 Å². The van der Waals surface area contributed by atoms with Crippen molar-refractivity contribution in [3.05, 3.63) is 70.2 Å². The molecule has 9 atom stereocenters. The molecule has 5 rings (SSSR count). The molecule has 0 radical (unpaired) electrons. The van der Waals surface area contributed by atoms with Crippen LogP contribution in [0.25, 0.3) is 0 Å². The molecule has 0 saturated heterocycles. The van der Waals surface area contributed by atoms with Crippen LogP contribution < -0.4 is 10.1 Å². The van der Waals surface area contributed by atoms with Gasteiger partial charge in [-0.1, -0.05) is 45.9 Å². The highest BCUT2D eigenvalue weighted by atomic mass is 16.7. The molecule has 0 saturated carbocycles. The molecule has 1 aromatic carbocycles. The number of rotatable bonds is 1. The van der Waals surface area contributed by atoms with Gasteiger partial charge >= 0.3 is 5.79 Å². The van der Waals surface area contributed by atoms with E-state index in [0.29, 0.717) is 0 Å². The smallest absolute Gasteiger partial charge is 0.312 e. The third-order valence-electron chi connectivity index (χ3n) is 9.54. The maximum atomic E-state index is 13.8. The fourth-order valence-electron chi connectivity index (χ4n) is 6.23. The van der Waals surface area contributed by atoms with E-state index in [1.807, 2.05) is 0 Å². The van der Waals surface area contributed by atoms with E-state index in [9.17, 15) is 39.6 Å². The van der Waals surface area contributed by atoms with E-state index in [2.05, 4.69) is 5.32 Å². The van der Waals surface area contributed by atoms with Gasteiger partial charge < -0.3 is 40.0 Å². The molecule has 12 nitrogen and oxygen atoms in total. The molecule has 5 bridgehead atoms. The van der Waals surface area contributed by atoms with Crippen molar-refractivity contribution in [1.29, 1.82) is 0 Å². The first kappa shape index (κ1) is 35.7. The molecule has 12 heteroatoms. The van der Waals surface area contributed by atoms with Gasteiger partial charge in [-0.2, -0.15) is 0 Å². The van der Waals surface area contributed by atoms with E-state index in [4.69, 9.17) is 14.2 Å². The monoisotopic (exact) mass is 653 g/mol. The van der Waals surface area contributed by atoms with Crippen LogP contribution >= 0.6 is 0 Å². The average Bonchev–Trinajstić information content (AvgIpc) is 3.30. The van der Waals surface area contributed by atoms with Crippen molar-refractivity contribution < 1.29 is 53.8 Å². The molecule has 1 amide bonds. The summed E-state index contributed by atoms with van der Waals surface area (Å²) < 4.78 is 17.2. The number of methoxy groups -OCH3 is 1. The summed E-state index contributed by atoms with van der Waals surface area (Å²) in [5, 5.41) is 46.8. The van der Waals surface area contributed by atoms with E-state index in [1.54, 1.807) is 39.8 Å². The van der Waals surface area contributed by atoms with Crippen molar-refractivity contribution in [3.63, 3.8) is 0 Å². The van der Waals surface area contributed by atoms with Crippen LogP contribution in [0.2, 0.25) is 0 Å². The highest BCUT2D eigenvalue weighted by molar-refractivity contribution is 6.30. The summed E-state index contributed by atoms with van der Waals surface area (Å²) in [5.74, 6) is -8.23. The third kappa shape index (κ3) is 6.42. The van der Waals surface area contributed by atoms with Crippen molar-refractivity contribution in [2.24, 2.45) is 23.7 Å². The summed E-state index contributed by atoms with van der Waals surface area (Å²) in [6, 6.07) is 0. The summed E-state index contributed by atoms with van der Waals surface area (Å²) in [7, 11) is 1.42. The summed E-state index contributed by atoms with van der Waals surface area (Å²) in [5.41, 5.74) is -1.24. The molecule has 1 aliphatic carbocycles. The minimum absolute atomic E-state index is 0.0217. The molecule has 47 heavy (non-hydrogen) atoms. The first-order valence-electron chi connectivity index (χ1n) is 15.5. The van der Waals surface area contributed by atoms with Gasteiger partial charge in [-0.3, -0.25) is 19.2 Å². The Hall–Kier alpha value is -4.10. The van der Waals surface area contributed by atoms with Crippen molar-refractivity contribution in [3.8, 4) is 11.5 Å². The molecule has 3 heterocycles. The second kappa shape index (κ2) is 13.6. The zero-order chi connectivity index (χ0) is 35.1. The topological polar surface area (TPSA) is 189 Å². The number of allylic oxidation sites excluding steroid dienone is 4. The van der Waals surface area contributed by atoms with Crippen LogP contribution in [0.3, 0.4) is 0 Å². The lowest BCUT2D eigenvalue weighted by atomic mass is 9.78. The molecule has 0 spiro atoms. The molecule has 4 aliphatic rings. The number of ether oxygens (including phenoxy) is 3. The number of phenols is 1. The Labute approximate surface area is 273 Å². The number of fused-ring (bicyclic) bond motifs is 14. The standard InChI is InChI=1S/C35H43NO11/c1-15-10-9-11-16(2)34(44)36-21-14-22(37)24-25(31(21)42)30(41)20(6)32-26(24)33(43)35(7,47-32)46-13-12-23(45-8)17(3)28(39)19(5)29(40)18(4)27(15)38/h9-15,17-19,23,27-29,38-41H,1-8H3,(H,36,44)/b10-9-,13-12-,16-11-/t15-,17+,18+,19+,23-,27-,28+,29-,35-/m0/s1. The van der Waals surface area contributed by atoms with Gasteiger partial charge in [0, 0.05) is 54.9 Å². The van der Waals surface area contributed by atoms with Crippen LogP contribution in [-0.4, -0.2) is 81.0 Å². The van der Waals surface area contributed by atoms with Crippen molar-refractivity contribution in [1.82, 2.24) is 5.32 Å². The lowest BCUT2D eigenvalue weighted by Crippen LogP contribution is -2.44. The van der Waals surface area contributed by atoms with E-state index < -0.39 is 88.4 Å². The minimum atomic E-state index is -2.00. The summed E-state index contributed by atoms with van der Waals surface area (Å²) in [6.45, 7) is 11.0. The number of aromatic hydroxyl groups is 1. The zero-order valence-corrected chi connectivity index (χ0v) is 27.7. The Morgan fingerprint density at radius 3 is 2.13 bits per heavy atom. The van der Waals surface area contributed by atoms with Crippen LogP contribution in [0.1, 0.15) is 78.2 Å². The van der Waals surface area contributed by atoms with Crippen LogP contribution in [0, 0.1) is 30.6 Å². The molecular weight excluding hydrogens is 610 g/mol. The number of amides is 1. The Bertz CT molecular complexity index is 1600. The number of hydrogen-bond acceptors (Lipinski definition) is 11. The Morgan fingerprint density at radius 1 is 0.872 bits per heavy atom. The number of phenolic OH excluding ortho intramolecular Hbond substituents is 1. The van der Waals surface area contributed by atoms with E-state index in [0.717, 1.165) is 6.08 Å². The largest absolute Gasteiger partial charge is 0.507 e. The number of carbonyl (C=O) groups excluding carboxylic acids is 4. The van der Waals surface area contributed by atoms with Gasteiger partial charge in [-0.25, -0.2) is 0 Å². The number of carbonyl (C=O) groups is 4. The number of nitrogens with one attached hydrogen (secondary N) is 1. The molecule has 254 valence electrons. The van der Waals surface area contributed by atoms with Gasteiger partial charge in [0.2, 0.25) is 5.78 Å². The highest BCUT2D eigenvalue weighted by Crippen LogP contribution is 2.47. The molecule has 1 aromatic rings. The first-order valence-corrected chi connectivity index (χ1v) is 15.5. The second-order valence-electron chi connectivity index (χ2n) is 12.8. The summed E-state index contributed by atoms with van der Waals surface area (Å²) >= 11 is 0. The lowest BCUT2D eigenvalue weighted by Gasteiger charge is -2.36. The van der Waals surface area contributed by atoms with Gasteiger partial charge in [-0.05, 0) is 19.9 Å². The molecule has 3 aliphatic heterocycles. The zero-order valence-electron chi connectivity index (χ0n) is 27.7. The highest BCUT2D eigenvalue weighted by Gasteiger charge is 2.51. The molecule has 5 N–H and O–H groups in total. The van der Waals surface area contributed by atoms with Crippen LogP contribution in [0.4, 0.5) is 0 Å². The van der Waals surface area contributed by atoms with Gasteiger partial charge in [0.25, 0.3) is 11.7 Å². The molecular formula is C35H43NO11. The number of aliphatic hydroxyl groups excluding tert-OH is 3. The van der Waals surface area contributed by atoms with Crippen molar-refractivity contribution in [2.45, 2.75) is 78.7 Å². The molecule has 0 aromatic heterocycles. The number of aliphatic hydroxyl groups is 3. The van der Waals surface area contributed by atoms with Gasteiger partial charge in [0.15, 0.2) is 5.78 Å². The van der Waals surface area contributed by atoms with E-state index in [-0.39, 0.29) is 33.7 Å². The summed E-state index contributed by atoms with van der Waals surface area (Å²) in [4.78, 5) is 53.7. The number of Topliss-reactive ketones (excluding diaryl/α,β-unsaturated/α-hetero) is 2. The first-order chi connectivity index (χ1) is 22.0. The number of ketones is 3. The predicted octanol–water partition coefficient (Wildman–Crippen LogP) is 3.06. The van der Waals surface area contributed by atoms with Gasteiger partial charge in [0.1, 0.15) is 11.5 Å². The number of hydrogen-bond donors (Lipinski definition) is 5. The predicted molar refractivity (Wildman–Crippen MR) is 170 cm³/mol. The molecule has 0 unspecified atom stereocenters. The number of benzene rings is 1.